The average Bonchev–Trinajstić information content (AvgIpc) is 2.69. The van der Waals surface area contributed by atoms with Crippen LogP contribution in [-0.4, -0.2) is 35.7 Å². The molecule has 16 heavy (non-hydrogen) atoms. The first-order valence-corrected chi connectivity index (χ1v) is 7.17. The third-order valence-electron chi connectivity index (χ3n) is 3.01. The van der Waals surface area contributed by atoms with Crippen LogP contribution in [0.4, 0.5) is 0 Å². The van der Waals surface area contributed by atoms with Crippen LogP contribution in [-0.2, 0) is 4.74 Å². The molecule has 0 aromatic rings. The minimum atomic E-state index is 0.280. The van der Waals surface area contributed by atoms with Crippen molar-refractivity contribution in [2.45, 2.75) is 52.2 Å². The van der Waals surface area contributed by atoms with E-state index in [0.717, 1.165) is 30.3 Å². The van der Waals surface area contributed by atoms with Crippen LogP contribution in [0.3, 0.4) is 0 Å². The summed E-state index contributed by atoms with van der Waals surface area (Å²) in [4.78, 5) is 4.53. The van der Waals surface area contributed by atoms with E-state index in [9.17, 15) is 0 Å². The molecule has 0 unspecified atom stereocenters. The van der Waals surface area contributed by atoms with Crippen LogP contribution >= 0.6 is 11.8 Å². The number of nitrogens with one attached hydrogen (secondary N) is 1. The highest BCUT2D eigenvalue weighted by Crippen LogP contribution is 2.28. The Morgan fingerprint density at radius 3 is 2.62 bits per heavy atom. The molecule has 1 fully saturated rings. The zero-order chi connectivity index (χ0) is 12.0. The van der Waals surface area contributed by atoms with Gasteiger partial charge in [-0.25, -0.2) is 0 Å². The van der Waals surface area contributed by atoms with E-state index in [4.69, 9.17) is 4.74 Å². The van der Waals surface area contributed by atoms with E-state index in [-0.39, 0.29) is 5.54 Å². The molecule has 1 heterocycles. The smallest absolute Gasteiger partial charge is 0.157 e. The van der Waals surface area contributed by atoms with Gasteiger partial charge in [-0.3, -0.25) is 4.99 Å². The Hall–Kier alpha value is -0.220. The molecule has 0 aliphatic carbocycles. The van der Waals surface area contributed by atoms with E-state index in [1.807, 2.05) is 11.8 Å². The second-order valence-electron chi connectivity index (χ2n) is 4.51. The van der Waals surface area contributed by atoms with Gasteiger partial charge < -0.3 is 10.1 Å². The fourth-order valence-corrected chi connectivity index (χ4v) is 3.02. The van der Waals surface area contributed by atoms with Crippen molar-refractivity contribution in [1.82, 2.24) is 5.32 Å². The zero-order valence-electron chi connectivity index (χ0n) is 10.9. The van der Waals surface area contributed by atoms with Crippen LogP contribution < -0.4 is 5.32 Å². The van der Waals surface area contributed by atoms with E-state index < -0.39 is 0 Å². The van der Waals surface area contributed by atoms with Gasteiger partial charge in [-0.15, -0.1) is 0 Å². The fraction of sp³-hybridized carbons (Fsp3) is 0.917. The highest BCUT2D eigenvalue weighted by molar-refractivity contribution is 8.14. The lowest BCUT2D eigenvalue weighted by molar-refractivity contribution is 0.0853. The summed E-state index contributed by atoms with van der Waals surface area (Å²) in [6, 6.07) is 0. The van der Waals surface area contributed by atoms with E-state index >= 15 is 0 Å². The molecule has 0 aromatic heterocycles. The van der Waals surface area contributed by atoms with Gasteiger partial charge in [0.1, 0.15) is 0 Å². The first-order valence-electron chi connectivity index (χ1n) is 6.19. The van der Waals surface area contributed by atoms with Gasteiger partial charge in [0, 0.05) is 11.3 Å². The molecular weight excluding hydrogens is 220 g/mol. The predicted molar refractivity (Wildman–Crippen MR) is 72.3 cm³/mol. The molecule has 1 saturated heterocycles. The molecule has 0 spiro atoms. The molecule has 1 aliphatic heterocycles. The third kappa shape index (κ3) is 3.98. The van der Waals surface area contributed by atoms with Crippen molar-refractivity contribution in [3.63, 3.8) is 0 Å². The lowest BCUT2D eigenvalue weighted by Gasteiger charge is -2.25. The van der Waals surface area contributed by atoms with Gasteiger partial charge in [0.15, 0.2) is 5.17 Å². The molecule has 4 heteroatoms. The van der Waals surface area contributed by atoms with Crippen molar-refractivity contribution in [2.75, 3.05) is 18.9 Å². The summed E-state index contributed by atoms with van der Waals surface area (Å²) in [5, 5.41) is 4.64. The number of rotatable bonds is 6. The van der Waals surface area contributed by atoms with Crippen molar-refractivity contribution < 1.29 is 4.74 Å². The topological polar surface area (TPSA) is 33.6 Å². The highest BCUT2D eigenvalue weighted by Gasteiger charge is 2.33. The SMILES string of the molecule is CCC1(CC)CSC(=NCCOC(C)C)N1. The molecule has 0 amide bonds. The Balaban J connectivity index is 2.32. The molecule has 0 bridgehead atoms. The number of thioether (sulfide) groups is 1. The van der Waals surface area contributed by atoms with Crippen LogP contribution in [0.2, 0.25) is 0 Å². The van der Waals surface area contributed by atoms with Crippen molar-refractivity contribution in [3.8, 4) is 0 Å². The minimum absolute atomic E-state index is 0.280. The van der Waals surface area contributed by atoms with Crippen LogP contribution in [0, 0.1) is 0 Å². The van der Waals surface area contributed by atoms with Crippen LogP contribution in [0.5, 0.6) is 0 Å². The fourth-order valence-electron chi connectivity index (χ4n) is 1.66. The summed E-state index contributed by atoms with van der Waals surface area (Å²) < 4.78 is 5.46. The maximum atomic E-state index is 5.46. The van der Waals surface area contributed by atoms with E-state index in [1.54, 1.807) is 0 Å². The minimum Gasteiger partial charge on any atom is -0.377 e. The molecule has 1 rings (SSSR count). The summed E-state index contributed by atoms with van der Waals surface area (Å²) in [7, 11) is 0. The van der Waals surface area contributed by atoms with Crippen LogP contribution in [0.15, 0.2) is 4.99 Å². The lowest BCUT2D eigenvalue weighted by atomic mass is 9.96. The Labute approximate surface area is 103 Å². The lowest BCUT2D eigenvalue weighted by Crippen LogP contribution is -2.42. The van der Waals surface area contributed by atoms with Gasteiger partial charge in [0.25, 0.3) is 0 Å². The monoisotopic (exact) mass is 244 g/mol. The second kappa shape index (κ2) is 6.50. The molecule has 1 aliphatic rings. The van der Waals surface area contributed by atoms with E-state index in [2.05, 4.69) is 38.0 Å². The molecule has 94 valence electrons. The van der Waals surface area contributed by atoms with Gasteiger partial charge in [-0.05, 0) is 26.7 Å². The van der Waals surface area contributed by atoms with Gasteiger partial charge in [0.2, 0.25) is 0 Å². The van der Waals surface area contributed by atoms with Crippen LogP contribution in [0.25, 0.3) is 0 Å². The highest BCUT2D eigenvalue weighted by atomic mass is 32.2. The van der Waals surface area contributed by atoms with Gasteiger partial charge in [-0.1, -0.05) is 25.6 Å². The summed E-state index contributed by atoms with van der Waals surface area (Å²) in [5.74, 6) is 1.14. The quantitative estimate of drug-likeness (QED) is 0.729. The number of nitrogens with zero attached hydrogens (tertiary/aromatic N) is 1. The standard InChI is InChI=1S/C12H24N2OS/c1-5-12(6-2)9-16-11(14-12)13-7-8-15-10(3)4/h10H,5-9H2,1-4H3,(H,13,14). The van der Waals surface area contributed by atoms with Crippen molar-refractivity contribution in [3.05, 3.63) is 0 Å². The van der Waals surface area contributed by atoms with Gasteiger partial charge in [0.05, 0.1) is 19.3 Å². The Morgan fingerprint density at radius 2 is 2.12 bits per heavy atom. The maximum absolute atomic E-state index is 5.46. The van der Waals surface area contributed by atoms with Crippen LogP contribution in [0.1, 0.15) is 40.5 Å². The number of hydrogen-bond donors (Lipinski definition) is 1. The summed E-state index contributed by atoms with van der Waals surface area (Å²) in [6.07, 6.45) is 2.63. The van der Waals surface area contributed by atoms with Gasteiger partial charge in [-0.2, -0.15) is 0 Å². The first-order chi connectivity index (χ1) is 7.62. The Morgan fingerprint density at radius 1 is 1.44 bits per heavy atom. The Bertz CT molecular complexity index is 237. The summed E-state index contributed by atoms with van der Waals surface area (Å²) in [6.45, 7) is 10.1. The molecular formula is C12H24N2OS. The predicted octanol–water partition coefficient (Wildman–Crippen LogP) is 2.66. The summed E-state index contributed by atoms with van der Waals surface area (Å²) >= 11 is 1.84. The number of hydrogen-bond acceptors (Lipinski definition) is 3. The number of aliphatic imine (C=N–C) groups is 1. The molecule has 0 atom stereocenters. The molecule has 0 aromatic carbocycles. The Kier molecular flexibility index (Phi) is 5.62. The largest absolute Gasteiger partial charge is 0.377 e. The van der Waals surface area contributed by atoms with Gasteiger partial charge >= 0.3 is 0 Å². The van der Waals surface area contributed by atoms with Crippen molar-refractivity contribution >= 4 is 16.9 Å². The molecule has 1 N–H and O–H groups in total. The first kappa shape index (κ1) is 13.8. The molecule has 3 nitrogen and oxygen atoms in total. The number of ether oxygens (including phenoxy) is 1. The average molecular weight is 244 g/mol. The van der Waals surface area contributed by atoms with E-state index in [1.165, 1.54) is 0 Å². The molecule has 0 saturated carbocycles. The third-order valence-corrected chi connectivity index (χ3v) is 4.21. The van der Waals surface area contributed by atoms with Crippen molar-refractivity contribution in [1.29, 1.82) is 0 Å². The number of amidine groups is 1. The van der Waals surface area contributed by atoms with E-state index in [0.29, 0.717) is 12.7 Å². The normalized spacial score (nSPS) is 21.7. The molecule has 0 radical (unpaired) electrons. The maximum Gasteiger partial charge on any atom is 0.157 e. The van der Waals surface area contributed by atoms with Crippen molar-refractivity contribution in [2.24, 2.45) is 4.99 Å². The second-order valence-corrected chi connectivity index (χ2v) is 5.47. The summed E-state index contributed by atoms with van der Waals surface area (Å²) in [5.41, 5.74) is 0.280. The zero-order valence-corrected chi connectivity index (χ0v) is 11.7.